The Hall–Kier alpha value is -4.25. The van der Waals surface area contributed by atoms with Crippen LogP contribution in [0.4, 0.5) is 19.0 Å². The molecule has 0 radical (unpaired) electrons. The van der Waals surface area contributed by atoms with Gasteiger partial charge in [-0.15, -0.1) is 11.3 Å². The summed E-state index contributed by atoms with van der Waals surface area (Å²) in [7, 11) is 1.23. The average molecular weight is 513 g/mol. The van der Waals surface area contributed by atoms with Crippen LogP contribution in [0.2, 0.25) is 0 Å². The predicted octanol–water partition coefficient (Wildman–Crippen LogP) is 5.08. The van der Waals surface area contributed by atoms with Gasteiger partial charge in [-0.1, -0.05) is 0 Å². The second-order valence-electron chi connectivity index (χ2n) is 7.64. The first-order valence-electron chi connectivity index (χ1n) is 10.5. The molecule has 0 bridgehead atoms. The van der Waals surface area contributed by atoms with E-state index >= 15 is 0 Å². The Labute approximate surface area is 207 Å². The van der Waals surface area contributed by atoms with Crippen molar-refractivity contribution in [3.8, 4) is 11.3 Å². The summed E-state index contributed by atoms with van der Waals surface area (Å²) in [4.78, 5) is 32.4. The van der Waals surface area contributed by atoms with E-state index in [2.05, 4.69) is 20.0 Å². The number of pyridine rings is 2. The van der Waals surface area contributed by atoms with Gasteiger partial charge in [0.1, 0.15) is 5.82 Å². The average Bonchev–Trinajstić information content (AvgIpc) is 3.28. The minimum atomic E-state index is -4.60. The fourth-order valence-electron chi connectivity index (χ4n) is 3.38. The lowest BCUT2D eigenvalue weighted by molar-refractivity contribution is -0.136. The Bertz CT molecular complexity index is 1450. The maximum absolute atomic E-state index is 13.9. The Morgan fingerprint density at radius 1 is 1.11 bits per heavy atom. The van der Waals surface area contributed by atoms with Crippen LogP contribution in [-0.2, 0) is 22.3 Å². The van der Waals surface area contributed by atoms with Gasteiger partial charge >= 0.3 is 12.1 Å². The van der Waals surface area contributed by atoms with E-state index in [4.69, 9.17) is 5.73 Å². The van der Waals surface area contributed by atoms with Crippen molar-refractivity contribution in [3.63, 3.8) is 0 Å². The standard InChI is InChI=1S/C25H19F3N4O3S/c1-35-24(34)15-4-5-20(30-12-15)16-8-17-9-18(36-23(17)19(10-16)25(26,27)28)13-32-22(33)7-3-14-2-6-21(29)31-11-14/h2-12H,13H2,1H3,(H2,29,31)(H,32,33). The summed E-state index contributed by atoms with van der Waals surface area (Å²) in [5.41, 5.74) is 6.12. The van der Waals surface area contributed by atoms with E-state index < -0.39 is 23.6 Å². The van der Waals surface area contributed by atoms with Gasteiger partial charge in [0.15, 0.2) is 0 Å². The number of alkyl halides is 3. The Balaban J connectivity index is 1.57. The molecule has 3 aromatic heterocycles. The van der Waals surface area contributed by atoms with Crippen LogP contribution in [-0.4, -0.2) is 29.0 Å². The topological polar surface area (TPSA) is 107 Å². The van der Waals surface area contributed by atoms with Crippen LogP contribution in [0.5, 0.6) is 0 Å². The monoisotopic (exact) mass is 512 g/mol. The molecule has 1 amide bonds. The first kappa shape index (κ1) is 24.9. The molecule has 4 aromatic rings. The number of benzene rings is 1. The molecule has 7 nitrogen and oxygen atoms in total. The maximum Gasteiger partial charge on any atom is 0.417 e. The van der Waals surface area contributed by atoms with Crippen LogP contribution in [0, 0.1) is 0 Å². The van der Waals surface area contributed by atoms with Gasteiger partial charge in [0.2, 0.25) is 5.91 Å². The lowest BCUT2D eigenvalue weighted by atomic mass is 10.0. The number of fused-ring (bicyclic) bond motifs is 1. The molecule has 0 saturated heterocycles. The normalized spacial score (nSPS) is 11.7. The Morgan fingerprint density at radius 2 is 1.92 bits per heavy atom. The van der Waals surface area contributed by atoms with E-state index in [1.54, 1.807) is 30.3 Å². The number of methoxy groups -OCH3 is 1. The second-order valence-corrected chi connectivity index (χ2v) is 8.78. The number of carbonyl (C=O) groups excluding carboxylic acids is 2. The highest BCUT2D eigenvalue weighted by Crippen LogP contribution is 2.41. The fourth-order valence-corrected chi connectivity index (χ4v) is 4.49. The molecule has 0 aliphatic heterocycles. The highest BCUT2D eigenvalue weighted by atomic mass is 32.1. The van der Waals surface area contributed by atoms with Gasteiger partial charge in [-0.3, -0.25) is 9.78 Å². The van der Waals surface area contributed by atoms with E-state index in [-0.39, 0.29) is 28.1 Å². The lowest BCUT2D eigenvalue weighted by Gasteiger charge is -2.11. The number of carbonyl (C=O) groups is 2. The number of nitrogens with zero attached hydrogens (tertiary/aromatic N) is 2. The van der Waals surface area contributed by atoms with Crippen molar-refractivity contribution in [2.24, 2.45) is 0 Å². The molecule has 0 fully saturated rings. The number of aromatic nitrogens is 2. The number of nitrogen functional groups attached to an aromatic ring is 1. The second kappa shape index (κ2) is 10.2. The van der Waals surface area contributed by atoms with Gasteiger partial charge in [-0.25, -0.2) is 9.78 Å². The van der Waals surface area contributed by atoms with Crippen molar-refractivity contribution < 1.29 is 27.5 Å². The summed E-state index contributed by atoms with van der Waals surface area (Å²) in [5.74, 6) is -0.641. The van der Waals surface area contributed by atoms with Gasteiger partial charge in [-0.2, -0.15) is 13.2 Å². The maximum atomic E-state index is 13.9. The van der Waals surface area contributed by atoms with Crippen LogP contribution < -0.4 is 11.1 Å². The molecule has 0 aliphatic rings. The minimum absolute atomic E-state index is 0.0568. The zero-order chi connectivity index (χ0) is 25.9. The van der Waals surface area contributed by atoms with Gasteiger partial charge in [0, 0.05) is 33.6 Å². The number of halogens is 3. The highest BCUT2D eigenvalue weighted by molar-refractivity contribution is 7.19. The molecular formula is C25H19F3N4O3S. The summed E-state index contributed by atoms with van der Waals surface area (Å²) in [6.07, 6.45) is 1.03. The van der Waals surface area contributed by atoms with E-state index in [1.165, 1.54) is 37.7 Å². The minimum Gasteiger partial charge on any atom is -0.465 e. The molecule has 36 heavy (non-hydrogen) atoms. The number of esters is 1. The Kier molecular flexibility index (Phi) is 7.02. The largest absolute Gasteiger partial charge is 0.465 e. The van der Waals surface area contributed by atoms with E-state index in [0.29, 0.717) is 21.6 Å². The van der Waals surface area contributed by atoms with Crippen molar-refractivity contribution in [3.05, 3.63) is 82.5 Å². The molecule has 0 saturated carbocycles. The first-order chi connectivity index (χ1) is 17.1. The number of amides is 1. The predicted molar refractivity (Wildman–Crippen MR) is 131 cm³/mol. The molecule has 0 aliphatic carbocycles. The van der Waals surface area contributed by atoms with Crippen LogP contribution in [0.3, 0.4) is 0 Å². The third-order valence-electron chi connectivity index (χ3n) is 5.13. The fraction of sp³-hybridized carbons (Fsp3) is 0.120. The summed E-state index contributed by atoms with van der Waals surface area (Å²) < 4.78 is 46.3. The molecule has 4 rings (SSSR count). The molecule has 0 atom stereocenters. The highest BCUT2D eigenvalue weighted by Gasteiger charge is 2.34. The third-order valence-corrected chi connectivity index (χ3v) is 6.31. The summed E-state index contributed by atoms with van der Waals surface area (Å²) in [5, 5.41) is 3.04. The molecule has 1 aromatic carbocycles. The van der Waals surface area contributed by atoms with Crippen LogP contribution in [0.1, 0.15) is 26.4 Å². The number of nitrogens with two attached hydrogens (primary N) is 1. The van der Waals surface area contributed by atoms with Crippen molar-refractivity contribution in [2.45, 2.75) is 12.7 Å². The summed E-state index contributed by atoms with van der Waals surface area (Å²) >= 11 is 0.958. The smallest absolute Gasteiger partial charge is 0.417 e. The van der Waals surface area contributed by atoms with E-state index in [1.807, 2.05) is 0 Å². The number of rotatable bonds is 6. The molecule has 184 valence electrons. The summed E-state index contributed by atoms with van der Waals surface area (Å²) in [6.45, 7) is 0.0568. The van der Waals surface area contributed by atoms with Crippen molar-refractivity contribution >= 4 is 45.2 Å². The quantitative estimate of drug-likeness (QED) is 0.276. The molecular weight excluding hydrogens is 493 g/mol. The molecule has 0 unspecified atom stereocenters. The molecule has 11 heteroatoms. The van der Waals surface area contributed by atoms with Crippen LogP contribution in [0.25, 0.3) is 27.4 Å². The van der Waals surface area contributed by atoms with Crippen molar-refractivity contribution in [1.29, 1.82) is 0 Å². The van der Waals surface area contributed by atoms with Gasteiger partial charge in [0.05, 0.1) is 30.5 Å². The lowest BCUT2D eigenvalue weighted by Crippen LogP contribution is -2.19. The number of hydrogen-bond acceptors (Lipinski definition) is 7. The van der Waals surface area contributed by atoms with Crippen LogP contribution in [0.15, 0.2) is 60.9 Å². The SMILES string of the molecule is COC(=O)c1ccc(-c2cc(C(F)(F)F)c3sc(CNC(=O)C=Cc4ccc(N)nc4)cc3c2)nc1. The Morgan fingerprint density at radius 3 is 2.56 bits per heavy atom. The molecule has 3 heterocycles. The number of nitrogens with one attached hydrogen (secondary N) is 1. The third kappa shape index (κ3) is 5.69. The zero-order valence-electron chi connectivity index (χ0n) is 18.8. The number of ether oxygens (including phenoxy) is 1. The van der Waals surface area contributed by atoms with Gasteiger partial charge < -0.3 is 15.8 Å². The number of thiophene rings is 1. The van der Waals surface area contributed by atoms with Crippen molar-refractivity contribution in [2.75, 3.05) is 12.8 Å². The van der Waals surface area contributed by atoms with Crippen molar-refractivity contribution in [1.82, 2.24) is 15.3 Å². The number of hydrogen-bond donors (Lipinski definition) is 2. The van der Waals surface area contributed by atoms with E-state index in [0.717, 1.165) is 17.4 Å². The van der Waals surface area contributed by atoms with Crippen LogP contribution >= 0.6 is 11.3 Å². The zero-order valence-corrected chi connectivity index (χ0v) is 19.6. The summed E-state index contributed by atoms with van der Waals surface area (Å²) in [6, 6.07) is 10.4. The van der Waals surface area contributed by atoms with Gasteiger partial charge in [0.25, 0.3) is 0 Å². The molecule has 3 N–H and O–H groups in total. The number of anilines is 1. The molecule has 0 spiro atoms. The van der Waals surface area contributed by atoms with E-state index in [9.17, 15) is 22.8 Å². The van der Waals surface area contributed by atoms with Gasteiger partial charge in [-0.05, 0) is 59.5 Å². The first-order valence-corrected chi connectivity index (χ1v) is 11.3.